The molecule has 1 aliphatic rings. The molecule has 4 nitrogen and oxygen atoms in total. The normalized spacial score (nSPS) is 23.2. The lowest BCUT2D eigenvalue weighted by molar-refractivity contribution is 0.0567. The molecule has 0 saturated carbocycles. The zero-order valence-corrected chi connectivity index (χ0v) is 11.8. The fraction of sp³-hybridized carbons (Fsp3) is 0.438. The Kier molecular flexibility index (Phi) is 3.49. The van der Waals surface area contributed by atoms with Gasteiger partial charge >= 0.3 is 0 Å². The van der Waals surface area contributed by atoms with E-state index in [4.69, 9.17) is 5.73 Å². The first-order valence-electron chi connectivity index (χ1n) is 7.27. The van der Waals surface area contributed by atoms with E-state index in [9.17, 15) is 4.79 Å². The first-order chi connectivity index (χ1) is 9.69. The molecule has 3 N–H and O–H groups in total. The second-order valence-corrected chi connectivity index (χ2v) is 5.77. The van der Waals surface area contributed by atoms with Crippen LogP contribution in [0.2, 0.25) is 0 Å². The number of nitrogens with zero attached hydrogens (tertiary/aromatic N) is 1. The molecular formula is C16H21N3O. The molecule has 106 valence electrons. The van der Waals surface area contributed by atoms with Gasteiger partial charge in [0.05, 0.1) is 0 Å². The summed E-state index contributed by atoms with van der Waals surface area (Å²) in [5, 5.41) is 1.13. The summed E-state index contributed by atoms with van der Waals surface area (Å²) in [6, 6.07) is 8.16. The zero-order chi connectivity index (χ0) is 14.1. The van der Waals surface area contributed by atoms with E-state index in [0.717, 1.165) is 35.9 Å². The molecule has 0 radical (unpaired) electrons. The highest BCUT2D eigenvalue weighted by Gasteiger charge is 2.28. The van der Waals surface area contributed by atoms with Crippen molar-refractivity contribution in [3.8, 4) is 0 Å². The van der Waals surface area contributed by atoms with E-state index in [1.807, 2.05) is 35.4 Å². The molecule has 2 heterocycles. The number of nitrogens with one attached hydrogen (secondary N) is 1. The van der Waals surface area contributed by atoms with Crippen LogP contribution < -0.4 is 5.73 Å². The standard InChI is InChI=1S/C16H21N3O/c1-11-2-3-12(9-17)10-19(11)16(20)14-5-4-13-6-7-18-15(13)8-14/h4-8,11-12,18H,2-3,9-10,17H2,1H3. The van der Waals surface area contributed by atoms with Crippen LogP contribution >= 0.6 is 0 Å². The third kappa shape index (κ3) is 2.31. The van der Waals surface area contributed by atoms with Crippen LogP contribution in [0, 0.1) is 5.92 Å². The summed E-state index contributed by atoms with van der Waals surface area (Å²) < 4.78 is 0. The van der Waals surface area contributed by atoms with Gasteiger partial charge in [-0.25, -0.2) is 0 Å². The average Bonchev–Trinajstić information content (AvgIpc) is 2.94. The first-order valence-corrected chi connectivity index (χ1v) is 7.27. The summed E-state index contributed by atoms with van der Waals surface area (Å²) in [6.45, 7) is 3.56. The van der Waals surface area contributed by atoms with Gasteiger partial charge in [-0.15, -0.1) is 0 Å². The number of nitrogens with two attached hydrogens (primary N) is 1. The molecule has 1 fully saturated rings. The Morgan fingerprint density at radius 1 is 1.40 bits per heavy atom. The number of aromatic nitrogens is 1. The molecule has 1 amide bonds. The van der Waals surface area contributed by atoms with Gasteiger partial charge in [-0.2, -0.15) is 0 Å². The Morgan fingerprint density at radius 2 is 2.25 bits per heavy atom. The van der Waals surface area contributed by atoms with Gasteiger partial charge < -0.3 is 15.6 Å². The number of piperidine rings is 1. The van der Waals surface area contributed by atoms with Gasteiger partial charge in [-0.3, -0.25) is 4.79 Å². The van der Waals surface area contributed by atoms with Crippen molar-refractivity contribution in [1.82, 2.24) is 9.88 Å². The molecule has 1 aliphatic heterocycles. The third-order valence-electron chi connectivity index (χ3n) is 4.38. The van der Waals surface area contributed by atoms with Crippen molar-refractivity contribution in [3.63, 3.8) is 0 Å². The minimum Gasteiger partial charge on any atom is -0.361 e. The molecule has 1 aromatic heterocycles. The van der Waals surface area contributed by atoms with Gasteiger partial charge in [0.2, 0.25) is 0 Å². The predicted octanol–water partition coefficient (Wildman–Crippen LogP) is 2.37. The summed E-state index contributed by atoms with van der Waals surface area (Å²) in [5.74, 6) is 0.552. The molecule has 2 unspecified atom stereocenters. The van der Waals surface area contributed by atoms with Crippen molar-refractivity contribution in [2.75, 3.05) is 13.1 Å². The predicted molar refractivity (Wildman–Crippen MR) is 80.6 cm³/mol. The quantitative estimate of drug-likeness (QED) is 0.881. The molecule has 1 aromatic carbocycles. The van der Waals surface area contributed by atoms with E-state index in [0.29, 0.717) is 18.5 Å². The summed E-state index contributed by atoms with van der Waals surface area (Å²) in [6.07, 6.45) is 4.06. The fourth-order valence-electron chi connectivity index (χ4n) is 3.00. The molecular weight excluding hydrogens is 250 g/mol. The highest BCUT2D eigenvalue weighted by atomic mass is 16.2. The number of aromatic amines is 1. The number of amides is 1. The number of benzene rings is 1. The Hall–Kier alpha value is -1.81. The van der Waals surface area contributed by atoms with Crippen LogP contribution in [0.25, 0.3) is 10.9 Å². The van der Waals surface area contributed by atoms with Crippen LogP contribution in [-0.2, 0) is 0 Å². The Bertz CT molecular complexity index is 619. The third-order valence-corrected chi connectivity index (χ3v) is 4.38. The number of carbonyl (C=O) groups is 1. The molecule has 0 spiro atoms. The molecule has 1 saturated heterocycles. The van der Waals surface area contributed by atoms with E-state index in [1.165, 1.54) is 0 Å². The smallest absolute Gasteiger partial charge is 0.254 e. The molecule has 2 aromatic rings. The zero-order valence-electron chi connectivity index (χ0n) is 11.8. The summed E-state index contributed by atoms with van der Waals surface area (Å²) in [4.78, 5) is 17.8. The first kappa shape index (κ1) is 13.2. The number of rotatable bonds is 2. The van der Waals surface area contributed by atoms with Crippen molar-refractivity contribution in [3.05, 3.63) is 36.0 Å². The topological polar surface area (TPSA) is 62.1 Å². The molecule has 4 heteroatoms. The van der Waals surface area contributed by atoms with Crippen LogP contribution in [0.5, 0.6) is 0 Å². The summed E-state index contributed by atoms with van der Waals surface area (Å²) in [7, 11) is 0. The molecule has 2 atom stereocenters. The van der Waals surface area contributed by atoms with E-state index in [2.05, 4.69) is 11.9 Å². The van der Waals surface area contributed by atoms with Crippen molar-refractivity contribution in [2.24, 2.45) is 11.7 Å². The van der Waals surface area contributed by atoms with Gasteiger partial charge in [-0.1, -0.05) is 6.07 Å². The number of likely N-dealkylation sites (tertiary alicyclic amines) is 1. The van der Waals surface area contributed by atoms with Gasteiger partial charge in [0.25, 0.3) is 5.91 Å². The minimum absolute atomic E-state index is 0.118. The fourth-order valence-corrected chi connectivity index (χ4v) is 3.00. The van der Waals surface area contributed by atoms with Gasteiger partial charge in [-0.05, 0) is 55.8 Å². The number of carbonyl (C=O) groups excluding carboxylic acids is 1. The lowest BCUT2D eigenvalue weighted by Gasteiger charge is -2.37. The molecule has 3 rings (SSSR count). The van der Waals surface area contributed by atoms with Crippen molar-refractivity contribution in [1.29, 1.82) is 0 Å². The van der Waals surface area contributed by atoms with Gasteiger partial charge in [0.1, 0.15) is 0 Å². The maximum atomic E-state index is 12.7. The van der Waals surface area contributed by atoms with Crippen LogP contribution in [0.3, 0.4) is 0 Å². The molecule has 0 aliphatic carbocycles. The number of hydrogen-bond acceptors (Lipinski definition) is 2. The van der Waals surface area contributed by atoms with Crippen LogP contribution in [0.15, 0.2) is 30.5 Å². The highest BCUT2D eigenvalue weighted by molar-refractivity contribution is 5.98. The lowest BCUT2D eigenvalue weighted by Crippen LogP contribution is -2.47. The summed E-state index contributed by atoms with van der Waals surface area (Å²) in [5.41, 5.74) is 7.53. The van der Waals surface area contributed by atoms with Crippen LogP contribution in [0.1, 0.15) is 30.1 Å². The van der Waals surface area contributed by atoms with E-state index >= 15 is 0 Å². The number of H-pyrrole nitrogens is 1. The van der Waals surface area contributed by atoms with Crippen molar-refractivity contribution in [2.45, 2.75) is 25.8 Å². The SMILES string of the molecule is CC1CCC(CN)CN1C(=O)c1ccc2cc[nH]c2c1. The van der Waals surface area contributed by atoms with Crippen molar-refractivity contribution >= 4 is 16.8 Å². The van der Waals surface area contributed by atoms with E-state index < -0.39 is 0 Å². The van der Waals surface area contributed by atoms with Gasteiger partial charge in [0.15, 0.2) is 0 Å². The molecule has 20 heavy (non-hydrogen) atoms. The number of hydrogen-bond donors (Lipinski definition) is 2. The second kappa shape index (κ2) is 5.29. The largest absolute Gasteiger partial charge is 0.361 e. The monoisotopic (exact) mass is 271 g/mol. The highest BCUT2D eigenvalue weighted by Crippen LogP contribution is 2.24. The Labute approximate surface area is 118 Å². The van der Waals surface area contributed by atoms with Gasteiger partial charge in [0, 0.05) is 29.9 Å². The van der Waals surface area contributed by atoms with E-state index in [1.54, 1.807) is 0 Å². The second-order valence-electron chi connectivity index (χ2n) is 5.77. The minimum atomic E-state index is 0.118. The van der Waals surface area contributed by atoms with Crippen LogP contribution in [0.4, 0.5) is 0 Å². The Morgan fingerprint density at radius 3 is 3.05 bits per heavy atom. The van der Waals surface area contributed by atoms with Crippen LogP contribution in [-0.4, -0.2) is 34.9 Å². The maximum Gasteiger partial charge on any atom is 0.254 e. The Balaban J connectivity index is 1.86. The number of fused-ring (bicyclic) bond motifs is 1. The maximum absolute atomic E-state index is 12.7. The lowest BCUT2D eigenvalue weighted by atomic mass is 9.93. The summed E-state index contributed by atoms with van der Waals surface area (Å²) >= 11 is 0. The van der Waals surface area contributed by atoms with E-state index in [-0.39, 0.29) is 5.91 Å². The molecule has 0 bridgehead atoms. The van der Waals surface area contributed by atoms with Crippen molar-refractivity contribution < 1.29 is 4.79 Å². The average molecular weight is 271 g/mol.